The molecule has 0 bridgehead atoms. The average Bonchev–Trinajstić information content (AvgIpc) is 3.01. The van der Waals surface area contributed by atoms with Crippen LogP contribution < -0.4 is 4.74 Å². The summed E-state index contributed by atoms with van der Waals surface area (Å²) in [6.45, 7) is 8.38. The summed E-state index contributed by atoms with van der Waals surface area (Å²) in [7, 11) is 0. The number of aromatic nitrogens is 2. The third-order valence-corrected chi connectivity index (χ3v) is 4.55. The van der Waals surface area contributed by atoms with Gasteiger partial charge in [-0.1, -0.05) is 19.9 Å². The molecule has 1 aliphatic rings. The number of nitrogens with one attached hydrogen (secondary N) is 1. The number of H-pyrrole nitrogens is 1. The van der Waals surface area contributed by atoms with Crippen LogP contribution in [-0.2, 0) is 0 Å². The molecule has 0 aliphatic carbocycles. The van der Waals surface area contributed by atoms with E-state index in [1.54, 1.807) is 0 Å². The van der Waals surface area contributed by atoms with Crippen molar-refractivity contribution in [2.24, 2.45) is 16.8 Å². The van der Waals surface area contributed by atoms with Gasteiger partial charge in [-0.15, -0.1) is 5.10 Å². The number of nitriles is 2. The average molecular weight is 347 g/mol. The first-order valence-electron chi connectivity index (χ1n) is 8.62. The highest BCUT2D eigenvalue weighted by Crippen LogP contribution is 2.39. The van der Waals surface area contributed by atoms with Gasteiger partial charge in [-0.2, -0.15) is 10.5 Å². The smallest absolute Gasteiger partial charge is 0.240 e. The van der Waals surface area contributed by atoms with Gasteiger partial charge in [0.1, 0.15) is 0 Å². The number of hydrogen-bond acceptors (Lipinski definition) is 5. The van der Waals surface area contributed by atoms with Crippen LogP contribution in [0.5, 0.6) is 5.88 Å². The van der Waals surface area contributed by atoms with Crippen LogP contribution in [0.15, 0.2) is 34.5 Å². The van der Waals surface area contributed by atoms with Crippen LogP contribution >= 0.6 is 0 Å². The normalized spacial score (nSPS) is 20.0. The van der Waals surface area contributed by atoms with Crippen molar-refractivity contribution in [1.29, 1.82) is 10.5 Å². The van der Waals surface area contributed by atoms with Crippen molar-refractivity contribution < 1.29 is 4.74 Å². The fourth-order valence-electron chi connectivity index (χ4n) is 3.26. The molecule has 26 heavy (non-hydrogen) atoms. The molecule has 0 fully saturated rings. The molecule has 1 aliphatic heterocycles. The number of benzene rings is 1. The van der Waals surface area contributed by atoms with Crippen molar-refractivity contribution in [3.05, 3.63) is 35.0 Å². The Morgan fingerprint density at radius 1 is 1.27 bits per heavy atom. The molecule has 2 aromatic rings. The van der Waals surface area contributed by atoms with Gasteiger partial charge in [0.25, 0.3) is 0 Å². The molecule has 1 N–H and O–H groups in total. The minimum absolute atomic E-state index is 0.334. The van der Waals surface area contributed by atoms with Gasteiger partial charge in [-0.3, -0.25) is 10.1 Å². The Hall–Kier alpha value is -3.12. The summed E-state index contributed by atoms with van der Waals surface area (Å²) in [5, 5.41) is 27.4. The number of hydrogen-bond donors (Lipinski definition) is 1. The van der Waals surface area contributed by atoms with Gasteiger partial charge < -0.3 is 4.74 Å². The quantitative estimate of drug-likeness (QED) is 0.900. The van der Waals surface area contributed by atoms with E-state index in [0.29, 0.717) is 29.7 Å². The Balaban J connectivity index is 2.09. The van der Waals surface area contributed by atoms with E-state index in [4.69, 9.17) is 4.74 Å². The predicted molar refractivity (Wildman–Crippen MR) is 99.7 cm³/mol. The predicted octanol–water partition coefficient (Wildman–Crippen LogP) is 4.09. The van der Waals surface area contributed by atoms with Gasteiger partial charge in [0.05, 0.1) is 46.8 Å². The SMILES string of the molecule is CC1=NC(C)=C(C#N)C(c2ccc3[nH]nc(OCC(C)C)c3c2)C1C#N. The molecule has 0 saturated carbocycles. The second kappa shape index (κ2) is 7.01. The van der Waals surface area contributed by atoms with Crippen molar-refractivity contribution in [3.8, 4) is 18.0 Å². The highest BCUT2D eigenvalue weighted by Gasteiger charge is 2.34. The van der Waals surface area contributed by atoms with Gasteiger partial charge >= 0.3 is 0 Å². The summed E-state index contributed by atoms with van der Waals surface area (Å²) in [5.74, 6) is 0.142. The molecule has 2 atom stereocenters. The van der Waals surface area contributed by atoms with E-state index >= 15 is 0 Å². The summed E-state index contributed by atoms with van der Waals surface area (Å²) in [4.78, 5) is 4.39. The topological polar surface area (TPSA) is 97.8 Å². The van der Waals surface area contributed by atoms with Gasteiger partial charge in [-0.05, 0) is 37.5 Å². The highest BCUT2D eigenvalue weighted by atomic mass is 16.5. The number of nitrogens with zero attached hydrogens (tertiary/aromatic N) is 4. The zero-order chi connectivity index (χ0) is 18.8. The third kappa shape index (κ3) is 3.07. The van der Waals surface area contributed by atoms with Crippen molar-refractivity contribution >= 4 is 16.6 Å². The Kier molecular flexibility index (Phi) is 4.77. The number of allylic oxidation sites excluding steroid dienone is 2. The molecule has 0 amide bonds. The van der Waals surface area contributed by atoms with Gasteiger partial charge in [-0.25, -0.2) is 0 Å². The summed E-state index contributed by atoms with van der Waals surface area (Å²) in [5.41, 5.74) is 3.70. The maximum Gasteiger partial charge on any atom is 0.240 e. The maximum absolute atomic E-state index is 9.66. The first-order chi connectivity index (χ1) is 12.5. The van der Waals surface area contributed by atoms with Crippen LogP contribution in [0.2, 0.25) is 0 Å². The van der Waals surface area contributed by atoms with E-state index in [0.717, 1.165) is 22.2 Å². The van der Waals surface area contributed by atoms with Gasteiger partial charge in [0, 0.05) is 11.6 Å². The molecule has 1 aromatic carbocycles. The zero-order valence-electron chi connectivity index (χ0n) is 15.4. The number of rotatable bonds is 4. The largest absolute Gasteiger partial charge is 0.476 e. The van der Waals surface area contributed by atoms with Crippen LogP contribution in [0, 0.1) is 34.5 Å². The molecule has 0 spiro atoms. The minimum atomic E-state index is -0.460. The van der Waals surface area contributed by atoms with Crippen LogP contribution in [0.25, 0.3) is 10.9 Å². The zero-order valence-corrected chi connectivity index (χ0v) is 15.4. The lowest BCUT2D eigenvalue weighted by molar-refractivity contribution is 0.264. The van der Waals surface area contributed by atoms with Crippen LogP contribution in [0.3, 0.4) is 0 Å². The fourth-order valence-corrected chi connectivity index (χ4v) is 3.26. The Bertz CT molecular complexity index is 984. The molecular formula is C20H21N5O. The lowest BCUT2D eigenvalue weighted by Crippen LogP contribution is -2.24. The van der Waals surface area contributed by atoms with Crippen molar-refractivity contribution in [3.63, 3.8) is 0 Å². The van der Waals surface area contributed by atoms with Crippen LogP contribution in [-0.4, -0.2) is 22.5 Å². The first-order valence-corrected chi connectivity index (χ1v) is 8.62. The van der Waals surface area contributed by atoms with E-state index in [-0.39, 0.29) is 5.92 Å². The summed E-state index contributed by atoms with van der Waals surface area (Å²) < 4.78 is 5.80. The standard InChI is InChI=1S/C20H21N5O/c1-11(2)10-26-20-15-7-14(5-6-18(15)24-25-20)19-16(8-21)12(3)23-13(4)17(19)9-22/h5-7,11,16,19H,10H2,1-4H3,(H,24,25). The summed E-state index contributed by atoms with van der Waals surface area (Å²) in [6, 6.07) is 10.4. The van der Waals surface area contributed by atoms with Crippen molar-refractivity contribution in [2.45, 2.75) is 33.6 Å². The Morgan fingerprint density at radius 2 is 2.04 bits per heavy atom. The molecule has 2 unspecified atom stereocenters. The van der Waals surface area contributed by atoms with E-state index in [1.807, 2.05) is 32.0 Å². The monoisotopic (exact) mass is 347 g/mol. The fraction of sp³-hybridized carbons (Fsp3) is 0.400. The van der Waals surface area contributed by atoms with E-state index in [2.05, 4.69) is 41.2 Å². The Labute approximate surface area is 152 Å². The molecule has 0 saturated heterocycles. The number of ether oxygens (including phenoxy) is 1. The first kappa shape index (κ1) is 17.7. The van der Waals surface area contributed by atoms with Gasteiger partial charge in [0.15, 0.2) is 0 Å². The molecule has 2 heterocycles. The van der Waals surface area contributed by atoms with Crippen molar-refractivity contribution in [2.75, 3.05) is 6.61 Å². The molecule has 6 nitrogen and oxygen atoms in total. The van der Waals surface area contributed by atoms with Crippen LogP contribution in [0.4, 0.5) is 0 Å². The number of fused-ring (bicyclic) bond motifs is 1. The molecular weight excluding hydrogens is 326 g/mol. The van der Waals surface area contributed by atoms with E-state index in [9.17, 15) is 10.5 Å². The molecule has 0 radical (unpaired) electrons. The highest BCUT2D eigenvalue weighted by molar-refractivity contribution is 5.91. The number of aliphatic imine (C=N–C) groups is 1. The molecule has 1 aromatic heterocycles. The summed E-state index contributed by atoms with van der Waals surface area (Å²) >= 11 is 0. The van der Waals surface area contributed by atoms with Gasteiger partial charge in [0.2, 0.25) is 5.88 Å². The minimum Gasteiger partial charge on any atom is -0.476 e. The molecule has 6 heteroatoms. The molecule has 132 valence electrons. The second-order valence-electron chi connectivity index (χ2n) is 6.99. The lowest BCUT2D eigenvalue weighted by atomic mass is 9.77. The molecule has 3 rings (SSSR count). The third-order valence-electron chi connectivity index (χ3n) is 4.55. The Morgan fingerprint density at radius 3 is 2.69 bits per heavy atom. The number of aromatic amines is 1. The summed E-state index contributed by atoms with van der Waals surface area (Å²) in [6.07, 6.45) is 0. The van der Waals surface area contributed by atoms with Crippen molar-refractivity contribution in [1.82, 2.24) is 10.2 Å². The van der Waals surface area contributed by atoms with Crippen LogP contribution in [0.1, 0.15) is 39.2 Å². The lowest BCUT2D eigenvalue weighted by Gasteiger charge is -2.26. The second-order valence-corrected chi connectivity index (χ2v) is 6.99. The maximum atomic E-state index is 9.66. The van der Waals surface area contributed by atoms with E-state index in [1.165, 1.54) is 0 Å². The van der Waals surface area contributed by atoms with E-state index < -0.39 is 5.92 Å².